The lowest BCUT2D eigenvalue weighted by Crippen LogP contribution is -2.53. The second kappa shape index (κ2) is 7.08. The quantitative estimate of drug-likeness (QED) is 0.697. The Morgan fingerprint density at radius 1 is 1.41 bits per heavy atom. The van der Waals surface area contributed by atoms with E-state index in [1.54, 1.807) is 5.01 Å². The fourth-order valence-corrected chi connectivity index (χ4v) is 1.51. The van der Waals surface area contributed by atoms with Crippen LogP contribution in [0, 0.1) is 0 Å². The van der Waals surface area contributed by atoms with E-state index >= 15 is 0 Å². The molecule has 17 heavy (non-hydrogen) atoms. The molecule has 0 spiro atoms. The summed E-state index contributed by atoms with van der Waals surface area (Å²) in [7, 11) is 0. The molecule has 0 aromatic carbocycles. The number of ether oxygens (including phenoxy) is 1. The van der Waals surface area contributed by atoms with E-state index in [1.165, 1.54) is 4.90 Å². The number of aliphatic carboxylic acids is 1. The highest BCUT2D eigenvalue weighted by Crippen LogP contribution is 1.97. The number of hydrogen-bond donors (Lipinski definition) is 2. The van der Waals surface area contributed by atoms with Crippen molar-refractivity contribution in [2.75, 3.05) is 39.4 Å². The number of morpholine rings is 1. The van der Waals surface area contributed by atoms with Crippen LogP contribution in [0.4, 0.5) is 4.79 Å². The summed E-state index contributed by atoms with van der Waals surface area (Å²) >= 11 is 0. The van der Waals surface area contributed by atoms with Crippen molar-refractivity contribution >= 4 is 12.0 Å². The number of urea groups is 1. The minimum absolute atomic E-state index is 0.0373. The molecule has 7 nitrogen and oxygen atoms in total. The molecule has 1 saturated heterocycles. The molecular weight excluding hydrogens is 226 g/mol. The molecule has 0 aromatic heterocycles. The van der Waals surface area contributed by atoms with Crippen LogP contribution < -0.4 is 5.43 Å². The van der Waals surface area contributed by atoms with Gasteiger partial charge in [0.1, 0.15) is 0 Å². The van der Waals surface area contributed by atoms with Gasteiger partial charge in [-0.25, -0.2) is 9.80 Å². The summed E-state index contributed by atoms with van der Waals surface area (Å²) < 4.78 is 5.16. The molecule has 1 rings (SSSR count). The number of nitrogens with zero attached hydrogens (tertiary/aromatic N) is 2. The molecule has 1 aliphatic heterocycles. The highest BCUT2D eigenvalue weighted by Gasteiger charge is 2.17. The molecule has 1 aliphatic rings. The molecule has 98 valence electrons. The molecule has 0 aromatic rings. The Kier molecular flexibility index (Phi) is 5.71. The Hall–Kier alpha value is -1.34. The van der Waals surface area contributed by atoms with E-state index in [9.17, 15) is 9.59 Å². The Morgan fingerprint density at radius 2 is 2.06 bits per heavy atom. The first-order valence-corrected chi connectivity index (χ1v) is 5.73. The third-order valence-electron chi connectivity index (χ3n) is 2.53. The van der Waals surface area contributed by atoms with Gasteiger partial charge in [-0.15, -0.1) is 0 Å². The standard InChI is InChI=1S/C10H19N3O4/c1-2-12(4-3-9(14)15)10(16)11-13-5-7-17-8-6-13/h2-8H2,1H3,(H,11,16)(H,14,15). The molecule has 2 N–H and O–H groups in total. The number of hydrazine groups is 1. The van der Waals surface area contributed by atoms with Crippen LogP contribution >= 0.6 is 0 Å². The van der Waals surface area contributed by atoms with Crippen molar-refractivity contribution in [1.82, 2.24) is 15.3 Å². The summed E-state index contributed by atoms with van der Waals surface area (Å²) in [5.74, 6) is -0.900. The van der Waals surface area contributed by atoms with Crippen LogP contribution in [0.1, 0.15) is 13.3 Å². The summed E-state index contributed by atoms with van der Waals surface area (Å²) in [5.41, 5.74) is 2.74. The molecule has 7 heteroatoms. The third kappa shape index (κ3) is 5.01. The van der Waals surface area contributed by atoms with E-state index in [0.717, 1.165) is 0 Å². The van der Waals surface area contributed by atoms with Crippen molar-refractivity contribution < 1.29 is 19.4 Å². The minimum atomic E-state index is -0.900. The summed E-state index contributed by atoms with van der Waals surface area (Å²) in [5, 5.41) is 10.4. The van der Waals surface area contributed by atoms with E-state index in [1.807, 2.05) is 6.92 Å². The highest BCUT2D eigenvalue weighted by atomic mass is 16.5. The van der Waals surface area contributed by atoms with Crippen molar-refractivity contribution in [3.05, 3.63) is 0 Å². The molecule has 1 fully saturated rings. The molecule has 0 unspecified atom stereocenters. The third-order valence-corrected chi connectivity index (χ3v) is 2.53. The average molecular weight is 245 g/mol. The monoisotopic (exact) mass is 245 g/mol. The van der Waals surface area contributed by atoms with Crippen LogP contribution in [0.2, 0.25) is 0 Å². The van der Waals surface area contributed by atoms with Gasteiger partial charge < -0.3 is 14.7 Å². The molecule has 0 aliphatic carbocycles. The molecule has 0 radical (unpaired) electrons. The van der Waals surface area contributed by atoms with Gasteiger partial charge in [-0.3, -0.25) is 10.2 Å². The maximum Gasteiger partial charge on any atom is 0.331 e. The van der Waals surface area contributed by atoms with Gasteiger partial charge in [0.05, 0.1) is 19.6 Å². The average Bonchev–Trinajstić information content (AvgIpc) is 2.30. The topological polar surface area (TPSA) is 82.1 Å². The van der Waals surface area contributed by atoms with Gasteiger partial charge in [0, 0.05) is 26.2 Å². The fourth-order valence-electron chi connectivity index (χ4n) is 1.51. The van der Waals surface area contributed by atoms with Crippen molar-refractivity contribution in [2.45, 2.75) is 13.3 Å². The predicted molar refractivity (Wildman–Crippen MR) is 60.4 cm³/mol. The summed E-state index contributed by atoms with van der Waals surface area (Å²) in [4.78, 5) is 23.7. The Bertz CT molecular complexity index is 266. The highest BCUT2D eigenvalue weighted by molar-refractivity contribution is 5.74. The second-order valence-electron chi connectivity index (χ2n) is 3.74. The maximum atomic E-state index is 11.8. The number of nitrogens with one attached hydrogen (secondary N) is 1. The number of carbonyl (C=O) groups excluding carboxylic acids is 1. The van der Waals surface area contributed by atoms with Crippen LogP contribution in [-0.2, 0) is 9.53 Å². The number of amides is 2. The van der Waals surface area contributed by atoms with Crippen molar-refractivity contribution in [2.24, 2.45) is 0 Å². The molecular formula is C10H19N3O4. The first kappa shape index (κ1) is 13.7. The van der Waals surface area contributed by atoms with E-state index in [0.29, 0.717) is 32.8 Å². The smallest absolute Gasteiger partial charge is 0.331 e. The van der Waals surface area contributed by atoms with Crippen LogP contribution in [-0.4, -0.2) is 66.4 Å². The van der Waals surface area contributed by atoms with Gasteiger partial charge in [0.2, 0.25) is 0 Å². The summed E-state index contributed by atoms with van der Waals surface area (Å²) in [6, 6.07) is -0.254. The first-order valence-electron chi connectivity index (χ1n) is 5.73. The van der Waals surface area contributed by atoms with Crippen LogP contribution in [0.15, 0.2) is 0 Å². The lowest BCUT2D eigenvalue weighted by atomic mass is 10.4. The zero-order valence-corrected chi connectivity index (χ0v) is 10.0. The van der Waals surface area contributed by atoms with E-state index in [2.05, 4.69) is 5.43 Å². The van der Waals surface area contributed by atoms with Gasteiger partial charge in [-0.05, 0) is 6.92 Å². The largest absolute Gasteiger partial charge is 0.481 e. The van der Waals surface area contributed by atoms with Crippen LogP contribution in [0.5, 0.6) is 0 Å². The Labute approximate surface area is 100 Å². The van der Waals surface area contributed by atoms with Gasteiger partial charge in [-0.1, -0.05) is 0 Å². The predicted octanol–water partition coefficient (Wildman–Crippen LogP) is -0.260. The van der Waals surface area contributed by atoms with Gasteiger partial charge in [-0.2, -0.15) is 0 Å². The molecule has 0 bridgehead atoms. The van der Waals surface area contributed by atoms with Gasteiger partial charge in [0.15, 0.2) is 0 Å². The zero-order chi connectivity index (χ0) is 12.7. The van der Waals surface area contributed by atoms with Crippen molar-refractivity contribution in [3.63, 3.8) is 0 Å². The molecule has 0 atom stereocenters. The lowest BCUT2D eigenvalue weighted by Gasteiger charge is -2.30. The number of carboxylic acids is 1. The number of carboxylic acid groups (broad SMARTS) is 1. The van der Waals surface area contributed by atoms with Gasteiger partial charge >= 0.3 is 12.0 Å². The van der Waals surface area contributed by atoms with Crippen LogP contribution in [0.25, 0.3) is 0 Å². The first-order chi connectivity index (χ1) is 8.13. The van der Waals surface area contributed by atoms with E-state index < -0.39 is 5.97 Å². The van der Waals surface area contributed by atoms with Crippen molar-refractivity contribution in [3.8, 4) is 0 Å². The molecule has 1 heterocycles. The molecule has 2 amide bonds. The lowest BCUT2D eigenvalue weighted by molar-refractivity contribution is -0.137. The summed E-state index contributed by atoms with van der Waals surface area (Å²) in [6.45, 7) is 5.04. The minimum Gasteiger partial charge on any atom is -0.481 e. The maximum absolute atomic E-state index is 11.8. The fraction of sp³-hybridized carbons (Fsp3) is 0.800. The van der Waals surface area contributed by atoms with Gasteiger partial charge in [0.25, 0.3) is 0 Å². The second-order valence-corrected chi connectivity index (χ2v) is 3.74. The Balaban J connectivity index is 2.34. The zero-order valence-electron chi connectivity index (χ0n) is 10.0. The van der Waals surface area contributed by atoms with E-state index in [-0.39, 0.29) is 19.0 Å². The summed E-state index contributed by atoms with van der Waals surface area (Å²) in [6.07, 6.45) is -0.0373. The molecule has 0 saturated carbocycles. The normalized spacial score (nSPS) is 16.5. The number of hydrogen-bond acceptors (Lipinski definition) is 4. The van der Waals surface area contributed by atoms with Crippen LogP contribution in [0.3, 0.4) is 0 Å². The number of carbonyl (C=O) groups is 2. The SMILES string of the molecule is CCN(CCC(=O)O)C(=O)NN1CCOCC1. The van der Waals surface area contributed by atoms with Crippen molar-refractivity contribution in [1.29, 1.82) is 0 Å². The van der Waals surface area contributed by atoms with E-state index in [4.69, 9.17) is 9.84 Å². The Morgan fingerprint density at radius 3 is 2.59 bits per heavy atom. The number of rotatable bonds is 5.